The third-order valence-corrected chi connectivity index (χ3v) is 3.45. The van der Waals surface area contributed by atoms with Crippen molar-refractivity contribution in [2.24, 2.45) is 0 Å². The number of imidazole rings is 1. The van der Waals surface area contributed by atoms with E-state index in [1.165, 1.54) is 40.0 Å². The van der Waals surface area contributed by atoms with Crippen molar-refractivity contribution in [3.8, 4) is 11.6 Å². The Balaban J connectivity index is 1.97. The van der Waals surface area contributed by atoms with Crippen LogP contribution in [-0.4, -0.2) is 25.4 Å². The molecule has 1 aromatic carbocycles. The number of nitrogens with zero attached hydrogens (tertiary/aromatic N) is 3. The number of hydrogen-bond donors (Lipinski definition) is 1. The molecule has 0 spiro atoms. The Morgan fingerprint density at radius 1 is 1.38 bits per heavy atom. The van der Waals surface area contributed by atoms with Gasteiger partial charge in [-0.3, -0.25) is 14.5 Å². The van der Waals surface area contributed by atoms with Gasteiger partial charge in [0.1, 0.15) is 5.75 Å². The van der Waals surface area contributed by atoms with Crippen molar-refractivity contribution in [1.82, 2.24) is 9.38 Å². The number of carboxylic acid groups (broad SMARTS) is 1. The number of benzene rings is 1. The smallest absolute Gasteiger partial charge is 0.358 e. The van der Waals surface area contributed by atoms with E-state index in [-0.39, 0.29) is 23.0 Å². The Bertz CT molecular complexity index is 836. The number of carbonyl (C=O) groups is 1. The standard InChI is InChI=1S/C12H7N3O5S/c16-11(17)9-10(13-12-14(9)5-6-21-12)20-8-3-1-7(2-4-8)15(18)19/h1-6H,(H,16,17). The van der Waals surface area contributed by atoms with Gasteiger partial charge in [0.05, 0.1) is 4.92 Å². The fraction of sp³-hybridized carbons (Fsp3) is 0. The zero-order valence-electron chi connectivity index (χ0n) is 10.3. The largest absolute Gasteiger partial charge is 0.476 e. The summed E-state index contributed by atoms with van der Waals surface area (Å²) in [7, 11) is 0. The van der Waals surface area contributed by atoms with E-state index in [1.54, 1.807) is 11.6 Å². The molecule has 106 valence electrons. The van der Waals surface area contributed by atoms with Crippen LogP contribution in [0.15, 0.2) is 35.8 Å². The number of carboxylic acids is 1. The topological polar surface area (TPSA) is 107 Å². The van der Waals surface area contributed by atoms with Gasteiger partial charge in [0, 0.05) is 23.7 Å². The Morgan fingerprint density at radius 2 is 2.10 bits per heavy atom. The highest BCUT2D eigenvalue weighted by molar-refractivity contribution is 7.15. The second kappa shape index (κ2) is 4.87. The molecule has 9 heteroatoms. The lowest BCUT2D eigenvalue weighted by Gasteiger charge is -2.03. The van der Waals surface area contributed by atoms with Crippen LogP contribution in [0.1, 0.15) is 10.5 Å². The minimum atomic E-state index is -1.17. The van der Waals surface area contributed by atoms with Crippen molar-refractivity contribution >= 4 is 28.0 Å². The Hall–Kier alpha value is -2.94. The minimum Gasteiger partial charge on any atom is -0.476 e. The summed E-state index contributed by atoms with van der Waals surface area (Å²) in [6.45, 7) is 0. The van der Waals surface area contributed by atoms with Crippen LogP contribution in [-0.2, 0) is 0 Å². The van der Waals surface area contributed by atoms with Crippen LogP contribution >= 0.6 is 11.3 Å². The molecule has 0 radical (unpaired) electrons. The summed E-state index contributed by atoms with van der Waals surface area (Å²) in [5.41, 5.74) is -0.170. The average Bonchev–Trinajstić information content (AvgIpc) is 2.98. The molecule has 2 aromatic heterocycles. The van der Waals surface area contributed by atoms with Crippen LogP contribution in [0.4, 0.5) is 5.69 Å². The second-order valence-corrected chi connectivity index (χ2v) is 4.85. The second-order valence-electron chi connectivity index (χ2n) is 3.98. The van der Waals surface area contributed by atoms with E-state index in [2.05, 4.69) is 4.98 Å². The van der Waals surface area contributed by atoms with E-state index in [9.17, 15) is 20.0 Å². The first-order valence-corrected chi connectivity index (χ1v) is 6.55. The quantitative estimate of drug-likeness (QED) is 0.586. The number of non-ortho nitro benzene ring substituents is 1. The predicted octanol–water partition coefficient (Wildman–Crippen LogP) is 2.79. The van der Waals surface area contributed by atoms with E-state index in [0.717, 1.165) is 0 Å². The molecule has 0 aliphatic rings. The summed E-state index contributed by atoms with van der Waals surface area (Å²) in [5.74, 6) is -0.949. The summed E-state index contributed by atoms with van der Waals surface area (Å²) in [6, 6.07) is 5.32. The first-order valence-electron chi connectivity index (χ1n) is 5.67. The highest BCUT2D eigenvalue weighted by Crippen LogP contribution is 2.28. The van der Waals surface area contributed by atoms with E-state index in [1.807, 2.05) is 0 Å². The number of hydrogen-bond acceptors (Lipinski definition) is 6. The van der Waals surface area contributed by atoms with E-state index < -0.39 is 10.9 Å². The normalized spacial score (nSPS) is 10.7. The lowest BCUT2D eigenvalue weighted by molar-refractivity contribution is -0.384. The molecule has 0 atom stereocenters. The molecular weight excluding hydrogens is 298 g/mol. The number of rotatable bonds is 4. The van der Waals surface area contributed by atoms with Crippen LogP contribution < -0.4 is 4.74 Å². The van der Waals surface area contributed by atoms with Gasteiger partial charge in [0.2, 0.25) is 0 Å². The summed E-state index contributed by atoms with van der Waals surface area (Å²) >= 11 is 1.28. The van der Waals surface area contributed by atoms with Gasteiger partial charge in [0.15, 0.2) is 10.7 Å². The molecule has 2 heterocycles. The molecule has 0 amide bonds. The Kier molecular flexibility index (Phi) is 3.03. The Labute approximate surface area is 121 Å². The molecule has 0 aliphatic carbocycles. The molecular formula is C12H7N3O5S. The first-order chi connectivity index (χ1) is 10.1. The molecule has 8 nitrogen and oxygen atoms in total. The molecule has 0 unspecified atom stereocenters. The number of aromatic carboxylic acids is 1. The van der Waals surface area contributed by atoms with Crippen LogP contribution in [0, 0.1) is 10.1 Å². The van der Waals surface area contributed by atoms with Crippen molar-refractivity contribution in [2.45, 2.75) is 0 Å². The fourth-order valence-corrected chi connectivity index (χ4v) is 2.48. The predicted molar refractivity (Wildman–Crippen MR) is 73.2 cm³/mol. The first kappa shape index (κ1) is 13.1. The number of aromatic nitrogens is 2. The van der Waals surface area contributed by atoms with E-state index in [4.69, 9.17) is 4.74 Å². The van der Waals surface area contributed by atoms with Crippen LogP contribution in [0.25, 0.3) is 4.96 Å². The van der Waals surface area contributed by atoms with Gasteiger partial charge in [-0.2, -0.15) is 4.98 Å². The monoisotopic (exact) mass is 305 g/mol. The third-order valence-electron chi connectivity index (χ3n) is 2.69. The molecule has 21 heavy (non-hydrogen) atoms. The molecule has 0 saturated heterocycles. The summed E-state index contributed by atoms with van der Waals surface area (Å²) in [4.78, 5) is 25.9. The van der Waals surface area contributed by atoms with Crippen LogP contribution in [0.3, 0.4) is 0 Å². The maximum absolute atomic E-state index is 11.3. The zero-order chi connectivity index (χ0) is 15.0. The maximum atomic E-state index is 11.3. The van der Waals surface area contributed by atoms with Gasteiger partial charge >= 0.3 is 5.97 Å². The van der Waals surface area contributed by atoms with Gasteiger partial charge in [-0.25, -0.2) is 4.79 Å². The highest BCUT2D eigenvalue weighted by Gasteiger charge is 2.21. The SMILES string of the molecule is O=C(O)c1c(Oc2ccc([N+](=O)[O-])cc2)nc2sccn12. The minimum absolute atomic E-state index is 0.0526. The van der Waals surface area contributed by atoms with Gasteiger partial charge in [-0.05, 0) is 12.1 Å². The molecule has 0 saturated carbocycles. The van der Waals surface area contributed by atoms with Gasteiger partial charge < -0.3 is 9.84 Å². The van der Waals surface area contributed by atoms with Crippen molar-refractivity contribution in [3.05, 3.63) is 51.7 Å². The van der Waals surface area contributed by atoms with Crippen molar-refractivity contribution in [1.29, 1.82) is 0 Å². The number of nitro groups is 1. The summed E-state index contributed by atoms with van der Waals surface area (Å²) in [5, 5.41) is 21.5. The molecule has 0 aliphatic heterocycles. The van der Waals surface area contributed by atoms with Crippen LogP contribution in [0.2, 0.25) is 0 Å². The zero-order valence-corrected chi connectivity index (χ0v) is 11.1. The average molecular weight is 305 g/mol. The van der Waals surface area contributed by atoms with Crippen LogP contribution in [0.5, 0.6) is 11.6 Å². The lowest BCUT2D eigenvalue weighted by atomic mass is 10.3. The summed E-state index contributed by atoms with van der Waals surface area (Å²) in [6.07, 6.45) is 1.58. The maximum Gasteiger partial charge on any atom is 0.358 e. The molecule has 3 rings (SSSR count). The number of ether oxygens (including phenoxy) is 1. The lowest BCUT2D eigenvalue weighted by Crippen LogP contribution is -2.02. The number of nitro benzene ring substituents is 1. The van der Waals surface area contributed by atoms with Crippen molar-refractivity contribution in [2.75, 3.05) is 0 Å². The van der Waals surface area contributed by atoms with Gasteiger partial charge in [-0.15, -0.1) is 11.3 Å². The molecule has 0 fully saturated rings. The van der Waals surface area contributed by atoms with Gasteiger partial charge in [-0.1, -0.05) is 0 Å². The van der Waals surface area contributed by atoms with Crippen molar-refractivity contribution in [3.63, 3.8) is 0 Å². The Morgan fingerprint density at radius 3 is 2.71 bits per heavy atom. The van der Waals surface area contributed by atoms with E-state index >= 15 is 0 Å². The number of thiazole rings is 1. The van der Waals surface area contributed by atoms with E-state index in [0.29, 0.717) is 4.96 Å². The molecule has 0 bridgehead atoms. The third kappa shape index (κ3) is 2.30. The fourth-order valence-electron chi connectivity index (χ4n) is 1.78. The highest BCUT2D eigenvalue weighted by atomic mass is 32.1. The summed E-state index contributed by atoms with van der Waals surface area (Å²) < 4.78 is 6.83. The molecule has 1 N–H and O–H groups in total. The van der Waals surface area contributed by atoms with Gasteiger partial charge in [0.25, 0.3) is 11.6 Å². The molecule has 3 aromatic rings. The number of fused-ring (bicyclic) bond motifs is 1. The van der Waals surface area contributed by atoms with Crippen molar-refractivity contribution < 1.29 is 19.6 Å².